The fourth-order valence-electron chi connectivity index (χ4n) is 3.21. The summed E-state index contributed by atoms with van der Waals surface area (Å²) in [5, 5.41) is 0. The average molecular weight is 354 g/mol. The number of allylic oxidation sites excluding steroid dienone is 1. The number of methoxy groups -OCH3 is 4. The Morgan fingerprint density at radius 1 is 0.846 bits per heavy atom. The van der Waals surface area contributed by atoms with E-state index in [0.717, 1.165) is 28.9 Å². The molecular weight excluding hydrogens is 332 g/mol. The highest BCUT2D eigenvalue weighted by molar-refractivity contribution is 6.26. The summed E-state index contributed by atoms with van der Waals surface area (Å²) in [5.41, 5.74) is 3.55. The SMILES string of the molecule is COc1ccc2c(c1)CCC(=O)/C2=C/c1cc(OC)c(OC)c(OC)c1. The van der Waals surface area contributed by atoms with Crippen LogP contribution in [0.15, 0.2) is 30.3 Å². The maximum atomic E-state index is 12.6. The van der Waals surface area contributed by atoms with Crippen LogP contribution in [0.1, 0.15) is 23.1 Å². The first-order valence-electron chi connectivity index (χ1n) is 8.33. The fraction of sp³-hybridized carbons (Fsp3) is 0.286. The lowest BCUT2D eigenvalue weighted by atomic mass is 9.85. The van der Waals surface area contributed by atoms with Gasteiger partial charge in [0, 0.05) is 12.0 Å². The van der Waals surface area contributed by atoms with Crippen molar-refractivity contribution in [1.29, 1.82) is 0 Å². The van der Waals surface area contributed by atoms with Gasteiger partial charge in [0.15, 0.2) is 17.3 Å². The average Bonchev–Trinajstić information content (AvgIpc) is 2.68. The second-order valence-electron chi connectivity index (χ2n) is 5.96. The molecule has 0 spiro atoms. The van der Waals surface area contributed by atoms with Gasteiger partial charge in [0.1, 0.15) is 5.75 Å². The molecule has 2 aromatic carbocycles. The number of rotatable bonds is 5. The first kappa shape index (κ1) is 17.9. The molecule has 0 heterocycles. The molecule has 5 heteroatoms. The number of hydrogen-bond acceptors (Lipinski definition) is 5. The number of ether oxygens (including phenoxy) is 4. The Morgan fingerprint density at radius 2 is 1.54 bits per heavy atom. The summed E-state index contributed by atoms with van der Waals surface area (Å²) in [6.07, 6.45) is 3.08. The normalized spacial score (nSPS) is 14.8. The van der Waals surface area contributed by atoms with Gasteiger partial charge in [-0.05, 0) is 53.5 Å². The third-order valence-corrected chi connectivity index (χ3v) is 4.52. The molecule has 0 amide bonds. The van der Waals surface area contributed by atoms with Crippen LogP contribution in [0.4, 0.5) is 0 Å². The Kier molecular flexibility index (Phi) is 5.16. The van der Waals surface area contributed by atoms with Crippen LogP contribution in [0.3, 0.4) is 0 Å². The number of benzene rings is 2. The van der Waals surface area contributed by atoms with Gasteiger partial charge in [-0.2, -0.15) is 0 Å². The summed E-state index contributed by atoms with van der Waals surface area (Å²) in [6, 6.07) is 9.47. The van der Waals surface area contributed by atoms with Gasteiger partial charge in [0.25, 0.3) is 0 Å². The number of Topliss-reactive ketones (excluding diaryl/α,β-unsaturated/α-hetero) is 1. The molecule has 0 saturated carbocycles. The number of carbonyl (C=O) groups is 1. The Bertz CT molecular complexity index is 842. The zero-order valence-electron chi connectivity index (χ0n) is 15.4. The standard InChI is InChI=1S/C21H22O5/c1-23-15-6-7-16-14(12-15)5-8-18(22)17(16)9-13-10-19(24-2)21(26-4)20(11-13)25-3/h6-7,9-12H,5,8H2,1-4H3/b17-9+. The van der Waals surface area contributed by atoms with Crippen molar-refractivity contribution in [3.8, 4) is 23.0 Å². The fourth-order valence-corrected chi connectivity index (χ4v) is 3.21. The van der Waals surface area contributed by atoms with E-state index in [1.165, 1.54) is 0 Å². The Labute approximate surface area is 153 Å². The van der Waals surface area contributed by atoms with E-state index in [4.69, 9.17) is 18.9 Å². The zero-order valence-corrected chi connectivity index (χ0v) is 15.4. The lowest BCUT2D eigenvalue weighted by Gasteiger charge is -2.19. The second-order valence-corrected chi connectivity index (χ2v) is 5.96. The van der Waals surface area contributed by atoms with Gasteiger partial charge in [-0.1, -0.05) is 6.07 Å². The number of hydrogen-bond donors (Lipinski definition) is 0. The van der Waals surface area contributed by atoms with Crippen molar-refractivity contribution >= 4 is 17.4 Å². The summed E-state index contributed by atoms with van der Waals surface area (Å²) < 4.78 is 21.4. The second kappa shape index (κ2) is 7.52. The van der Waals surface area contributed by atoms with Crippen LogP contribution in [-0.2, 0) is 11.2 Å². The van der Waals surface area contributed by atoms with Gasteiger partial charge < -0.3 is 18.9 Å². The third kappa shape index (κ3) is 3.25. The molecule has 3 rings (SSSR count). The van der Waals surface area contributed by atoms with Gasteiger partial charge in [0.05, 0.1) is 28.4 Å². The molecule has 0 atom stereocenters. The highest BCUT2D eigenvalue weighted by atomic mass is 16.5. The molecule has 1 aliphatic rings. The van der Waals surface area contributed by atoms with Gasteiger partial charge in [-0.15, -0.1) is 0 Å². The van der Waals surface area contributed by atoms with Gasteiger partial charge in [-0.3, -0.25) is 4.79 Å². The molecule has 0 fully saturated rings. The van der Waals surface area contributed by atoms with Crippen LogP contribution in [0.25, 0.3) is 11.6 Å². The largest absolute Gasteiger partial charge is 0.497 e. The summed E-state index contributed by atoms with van der Waals surface area (Å²) in [4.78, 5) is 12.6. The summed E-state index contributed by atoms with van der Waals surface area (Å²) in [6.45, 7) is 0. The Morgan fingerprint density at radius 3 is 2.12 bits per heavy atom. The highest BCUT2D eigenvalue weighted by Gasteiger charge is 2.22. The van der Waals surface area contributed by atoms with Crippen LogP contribution in [0.5, 0.6) is 23.0 Å². The van der Waals surface area contributed by atoms with E-state index in [9.17, 15) is 4.79 Å². The highest BCUT2D eigenvalue weighted by Crippen LogP contribution is 2.40. The molecular formula is C21H22O5. The molecule has 0 bridgehead atoms. The number of aryl methyl sites for hydroxylation is 1. The minimum atomic E-state index is 0.122. The minimum Gasteiger partial charge on any atom is -0.497 e. The quantitative estimate of drug-likeness (QED) is 0.765. The minimum absolute atomic E-state index is 0.122. The third-order valence-electron chi connectivity index (χ3n) is 4.52. The first-order valence-corrected chi connectivity index (χ1v) is 8.33. The predicted molar refractivity (Wildman–Crippen MR) is 100 cm³/mol. The molecule has 5 nitrogen and oxygen atoms in total. The van der Waals surface area contributed by atoms with Crippen molar-refractivity contribution in [2.45, 2.75) is 12.8 Å². The number of ketones is 1. The van der Waals surface area contributed by atoms with Crippen LogP contribution >= 0.6 is 0 Å². The lowest BCUT2D eigenvalue weighted by molar-refractivity contribution is -0.113. The molecule has 1 aliphatic carbocycles. The maximum absolute atomic E-state index is 12.6. The molecule has 0 saturated heterocycles. The number of carbonyl (C=O) groups excluding carboxylic acids is 1. The van der Waals surface area contributed by atoms with Crippen LogP contribution in [0, 0.1) is 0 Å². The zero-order chi connectivity index (χ0) is 18.7. The molecule has 0 N–H and O–H groups in total. The van der Waals surface area contributed by atoms with Crippen molar-refractivity contribution in [1.82, 2.24) is 0 Å². The van der Waals surface area contributed by atoms with Crippen molar-refractivity contribution in [3.63, 3.8) is 0 Å². The van der Waals surface area contributed by atoms with E-state index >= 15 is 0 Å². The summed E-state index contributed by atoms with van der Waals surface area (Å²) >= 11 is 0. The molecule has 0 unspecified atom stereocenters. The van der Waals surface area contributed by atoms with E-state index in [-0.39, 0.29) is 5.78 Å². The van der Waals surface area contributed by atoms with E-state index < -0.39 is 0 Å². The molecule has 2 aromatic rings. The molecule has 136 valence electrons. The predicted octanol–water partition coefficient (Wildman–Crippen LogP) is 3.78. The van der Waals surface area contributed by atoms with Crippen molar-refractivity contribution < 1.29 is 23.7 Å². The summed E-state index contributed by atoms with van der Waals surface area (Å²) in [5.74, 6) is 2.55. The monoisotopic (exact) mass is 354 g/mol. The van der Waals surface area contributed by atoms with E-state index in [1.807, 2.05) is 36.4 Å². The first-order chi connectivity index (χ1) is 12.6. The summed E-state index contributed by atoms with van der Waals surface area (Å²) in [7, 11) is 6.35. The Balaban J connectivity index is 2.12. The van der Waals surface area contributed by atoms with Gasteiger partial charge in [0.2, 0.25) is 5.75 Å². The van der Waals surface area contributed by atoms with Crippen LogP contribution < -0.4 is 18.9 Å². The van der Waals surface area contributed by atoms with E-state index in [0.29, 0.717) is 29.2 Å². The van der Waals surface area contributed by atoms with Crippen LogP contribution in [-0.4, -0.2) is 34.2 Å². The van der Waals surface area contributed by atoms with Crippen molar-refractivity contribution in [2.75, 3.05) is 28.4 Å². The molecule has 26 heavy (non-hydrogen) atoms. The molecule has 0 radical (unpaired) electrons. The number of fused-ring (bicyclic) bond motifs is 1. The van der Waals surface area contributed by atoms with E-state index in [1.54, 1.807) is 28.4 Å². The maximum Gasteiger partial charge on any atom is 0.203 e. The van der Waals surface area contributed by atoms with Crippen molar-refractivity contribution in [2.24, 2.45) is 0 Å². The molecule has 0 aromatic heterocycles. The topological polar surface area (TPSA) is 54.0 Å². The lowest BCUT2D eigenvalue weighted by Crippen LogP contribution is -2.12. The smallest absolute Gasteiger partial charge is 0.203 e. The van der Waals surface area contributed by atoms with E-state index in [2.05, 4.69) is 0 Å². The van der Waals surface area contributed by atoms with Gasteiger partial charge in [-0.25, -0.2) is 0 Å². The van der Waals surface area contributed by atoms with Crippen molar-refractivity contribution in [3.05, 3.63) is 47.0 Å². The molecule has 0 aliphatic heterocycles. The van der Waals surface area contributed by atoms with Gasteiger partial charge >= 0.3 is 0 Å². The van der Waals surface area contributed by atoms with Crippen LogP contribution in [0.2, 0.25) is 0 Å². The Hall–Kier alpha value is -2.95.